The molecule has 0 atom stereocenters. The summed E-state index contributed by atoms with van der Waals surface area (Å²) in [6.45, 7) is 0.423. The molecule has 0 spiro atoms. The van der Waals surface area contributed by atoms with Crippen LogP contribution < -0.4 is 4.74 Å². The molecule has 0 N–H and O–H groups in total. The summed E-state index contributed by atoms with van der Waals surface area (Å²) >= 11 is 11.5. The zero-order valence-electron chi connectivity index (χ0n) is 8.54. The molecule has 0 saturated heterocycles. The van der Waals surface area contributed by atoms with Crippen LogP contribution in [0.15, 0.2) is 18.2 Å². The SMILES string of the molecule is COCCOC(=O)Oc1cc(Cl)ccc1Cl. The zero-order chi connectivity index (χ0) is 12.0. The van der Waals surface area contributed by atoms with Gasteiger partial charge in [-0.05, 0) is 12.1 Å². The van der Waals surface area contributed by atoms with E-state index >= 15 is 0 Å². The van der Waals surface area contributed by atoms with Crippen molar-refractivity contribution in [2.24, 2.45) is 0 Å². The van der Waals surface area contributed by atoms with Crippen LogP contribution in [0.1, 0.15) is 0 Å². The molecule has 0 fully saturated rings. The first-order valence-electron chi connectivity index (χ1n) is 4.42. The van der Waals surface area contributed by atoms with Crippen molar-refractivity contribution in [3.63, 3.8) is 0 Å². The van der Waals surface area contributed by atoms with E-state index in [0.717, 1.165) is 0 Å². The number of hydrogen-bond donors (Lipinski definition) is 0. The monoisotopic (exact) mass is 264 g/mol. The topological polar surface area (TPSA) is 44.8 Å². The van der Waals surface area contributed by atoms with Crippen LogP contribution in [-0.2, 0) is 9.47 Å². The second-order valence-electron chi connectivity index (χ2n) is 2.77. The molecule has 6 heteroatoms. The highest BCUT2D eigenvalue weighted by molar-refractivity contribution is 6.34. The Morgan fingerprint density at radius 2 is 2.06 bits per heavy atom. The van der Waals surface area contributed by atoms with Crippen LogP contribution in [0.4, 0.5) is 4.79 Å². The van der Waals surface area contributed by atoms with Crippen LogP contribution in [0, 0.1) is 0 Å². The minimum atomic E-state index is -0.846. The van der Waals surface area contributed by atoms with Crippen LogP contribution in [0.2, 0.25) is 10.0 Å². The van der Waals surface area contributed by atoms with Crippen molar-refractivity contribution in [2.75, 3.05) is 20.3 Å². The Hall–Kier alpha value is -0.970. The van der Waals surface area contributed by atoms with E-state index in [1.54, 1.807) is 6.07 Å². The first kappa shape index (κ1) is 13.1. The summed E-state index contributed by atoms with van der Waals surface area (Å²) in [7, 11) is 1.50. The van der Waals surface area contributed by atoms with Crippen molar-refractivity contribution in [3.8, 4) is 5.75 Å². The van der Waals surface area contributed by atoms with Crippen LogP contribution in [0.3, 0.4) is 0 Å². The maximum absolute atomic E-state index is 11.1. The number of rotatable bonds is 4. The molecule has 0 amide bonds. The van der Waals surface area contributed by atoms with Gasteiger partial charge in [0.1, 0.15) is 6.61 Å². The van der Waals surface area contributed by atoms with Gasteiger partial charge in [0.05, 0.1) is 11.6 Å². The van der Waals surface area contributed by atoms with Gasteiger partial charge in [0.15, 0.2) is 5.75 Å². The van der Waals surface area contributed by atoms with Crippen LogP contribution in [0.25, 0.3) is 0 Å². The van der Waals surface area contributed by atoms with Gasteiger partial charge in [-0.1, -0.05) is 23.2 Å². The van der Waals surface area contributed by atoms with Crippen LogP contribution in [0.5, 0.6) is 5.75 Å². The molecule has 0 heterocycles. The van der Waals surface area contributed by atoms with Crippen LogP contribution in [-0.4, -0.2) is 26.5 Å². The van der Waals surface area contributed by atoms with E-state index in [0.29, 0.717) is 11.6 Å². The van der Waals surface area contributed by atoms with Crippen molar-refractivity contribution in [3.05, 3.63) is 28.2 Å². The van der Waals surface area contributed by atoms with E-state index < -0.39 is 6.16 Å². The van der Waals surface area contributed by atoms with Crippen molar-refractivity contribution in [1.29, 1.82) is 0 Å². The van der Waals surface area contributed by atoms with Crippen molar-refractivity contribution in [2.45, 2.75) is 0 Å². The molecule has 0 aromatic heterocycles. The molecule has 1 rings (SSSR count). The summed E-state index contributed by atoms with van der Waals surface area (Å²) in [5.41, 5.74) is 0. The van der Waals surface area contributed by atoms with Gasteiger partial charge in [-0.25, -0.2) is 4.79 Å². The summed E-state index contributed by atoms with van der Waals surface area (Å²) in [6.07, 6.45) is -0.846. The maximum atomic E-state index is 11.1. The van der Waals surface area contributed by atoms with Gasteiger partial charge in [-0.2, -0.15) is 0 Å². The highest BCUT2D eigenvalue weighted by atomic mass is 35.5. The summed E-state index contributed by atoms with van der Waals surface area (Å²) < 4.78 is 14.2. The fourth-order valence-electron chi connectivity index (χ4n) is 0.883. The lowest BCUT2D eigenvalue weighted by Crippen LogP contribution is -2.14. The van der Waals surface area contributed by atoms with Gasteiger partial charge in [0, 0.05) is 18.2 Å². The normalized spacial score (nSPS) is 9.94. The largest absolute Gasteiger partial charge is 0.513 e. The molecule has 1 aromatic rings. The van der Waals surface area contributed by atoms with Crippen LogP contribution >= 0.6 is 23.2 Å². The van der Waals surface area contributed by atoms with E-state index in [2.05, 4.69) is 0 Å². The fourth-order valence-corrected chi connectivity index (χ4v) is 1.20. The third kappa shape index (κ3) is 4.26. The number of carbonyl (C=O) groups is 1. The lowest BCUT2D eigenvalue weighted by atomic mass is 10.3. The summed E-state index contributed by atoms with van der Waals surface area (Å²) in [5, 5.41) is 0.706. The van der Waals surface area contributed by atoms with E-state index in [1.807, 2.05) is 0 Å². The minimum Gasteiger partial charge on any atom is -0.432 e. The molecule has 0 saturated carbocycles. The van der Waals surface area contributed by atoms with Gasteiger partial charge >= 0.3 is 6.16 Å². The van der Waals surface area contributed by atoms with Gasteiger partial charge in [0.25, 0.3) is 0 Å². The quantitative estimate of drug-likeness (QED) is 0.476. The summed E-state index contributed by atoms with van der Waals surface area (Å²) in [5.74, 6) is 0.164. The molecular weight excluding hydrogens is 255 g/mol. The second kappa shape index (κ2) is 6.58. The number of hydrogen-bond acceptors (Lipinski definition) is 4. The maximum Gasteiger partial charge on any atom is 0.513 e. The number of methoxy groups -OCH3 is 1. The molecule has 88 valence electrons. The highest BCUT2D eigenvalue weighted by Crippen LogP contribution is 2.27. The fraction of sp³-hybridized carbons (Fsp3) is 0.300. The Bertz CT molecular complexity index is 368. The standard InChI is InChI=1S/C10H10Cl2O4/c1-14-4-5-15-10(13)16-9-6-7(11)2-3-8(9)12/h2-3,6H,4-5H2,1H3. The minimum absolute atomic E-state index is 0.119. The molecule has 4 nitrogen and oxygen atoms in total. The van der Waals surface area contributed by atoms with Crippen molar-refractivity contribution < 1.29 is 19.0 Å². The molecule has 0 radical (unpaired) electrons. The zero-order valence-corrected chi connectivity index (χ0v) is 10.0. The van der Waals surface area contributed by atoms with E-state index in [1.165, 1.54) is 19.2 Å². The van der Waals surface area contributed by atoms with Crippen molar-refractivity contribution in [1.82, 2.24) is 0 Å². The van der Waals surface area contributed by atoms with E-state index in [4.69, 9.17) is 37.4 Å². The molecule has 0 aliphatic rings. The Balaban J connectivity index is 2.52. The molecule has 1 aromatic carbocycles. The first-order valence-corrected chi connectivity index (χ1v) is 5.17. The number of ether oxygens (including phenoxy) is 3. The van der Waals surface area contributed by atoms with Gasteiger partial charge in [-0.15, -0.1) is 0 Å². The Morgan fingerprint density at radius 1 is 1.31 bits per heavy atom. The third-order valence-corrected chi connectivity index (χ3v) is 2.14. The Labute approximate surface area is 103 Å². The summed E-state index contributed by atoms with van der Waals surface area (Å²) in [4.78, 5) is 11.1. The molecular formula is C10H10Cl2O4. The van der Waals surface area contributed by atoms with Gasteiger partial charge in [0.2, 0.25) is 0 Å². The smallest absolute Gasteiger partial charge is 0.432 e. The lowest BCUT2D eigenvalue weighted by molar-refractivity contribution is 0.0686. The summed E-state index contributed by atoms with van der Waals surface area (Å²) in [6, 6.07) is 4.55. The van der Waals surface area contributed by atoms with E-state index in [9.17, 15) is 4.79 Å². The second-order valence-corrected chi connectivity index (χ2v) is 3.61. The first-order chi connectivity index (χ1) is 7.63. The lowest BCUT2D eigenvalue weighted by Gasteiger charge is -2.06. The van der Waals surface area contributed by atoms with Gasteiger partial charge < -0.3 is 14.2 Å². The third-order valence-electron chi connectivity index (χ3n) is 1.59. The Kier molecular flexibility index (Phi) is 5.38. The molecule has 16 heavy (non-hydrogen) atoms. The average molecular weight is 265 g/mol. The average Bonchev–Trinajstić information content (AvgIpc) is 2.24. The van der Waals surface area contributed by atoms with E-state index in [-0.39, 0.29) is 17.4 Å². The molecule has 0 unspecified atom stereocenters. The molecule has 0 aliphatic heterocycles. The molecule has 0 bridgehead atoms. The predicted molar refractivity (Wildman–Crippen MR) is 60.3 cm³/mol. The van der Waals surface area contributed by atoms with Crippen molar-refractivity contribution >= 4 is 29.4 Å². The number of carbonyl (C=O) groups excluding carboxylic acids is 1. The molecule has 0 aliphatic carbocycles. The number of halogens is 2. The highest BCUT2D eigenvalue weighted by Gasteiger charge is 2.09. The number of benzene rings is 1. The Morgan fingerprint density at radius 3 is 2.75 bits per heavy atom. The predicted octanol–water partition coefficient (Wildman–Crippen LogP) is 3.16. The van der Waals surface area contributed by atoms with Gasteiger partial charge in [-0.3, -0.25) is 0 Å².